The van der Waals surface area contributed by atoms with Crippen molar-refractivity contribution >= 4 is 16.0 Å². The number of carbonyl (C=O) groups excluding carboxylic acids is 1. The van der Waals surface area contributed by atoms with E-state index in [1.54, 1.807) is 25.1 Å². The van der Waals surface area contributed by atoms with Crippen molar-refractivity contribution in [1.29, 1.82) is 0 Å². The van der Waals surface area contributed by atoms with Crippen LogP contribution >= 0.6 is 0 Å². The summed E-state index contributed by atoms with van der Waals surface area (Å²) in [6.07, 6.45) is 1.64. The number of rotatable bonds is 4. The molecule has 2 rings (SSSR count). The minimum atomic E-state index is -3.70. The molecule has 102 valence electrons. The van der Waals surface area contributed by atoms with Crippen LogP contribution in [0.25, 0.3) is 0 Å². The molecule has 0 unspecified atom stereocenters. The standard InChI is InChI=1S/C13H15NO4S/c1-3-9-13(12(15)18-4-2)10-7-5-6-8-11(10)19(16,17)14-13/h3,5-8,14H,1,4,9H2,2H3/t13-/m0/s1. The molecule has 1 heterocycles. The number of nitrogens with one attached hydrogen (secondary N) is 1. The van der Waals surface area contributed by atoms with Crippen LogP contribution in [0.15, 0.2) is 41.8 Å². The summed E-state index contributed by atoms with van der Waals surface area (Å²) in [6.45, 7) is 5.45. The van der Waals surface area contributed by atoms with Crippen molar-refractivity contribution in [2.24, 2.45) is 0 Å². The van der Waals surface area contributed by atoms with E-state index in [2.05, 4.69) is 11.3 Å². The molecule has 0 aromatic heterocycles. The monoisotopic (exact) mass is 281 g/mol. The number of carbonyl (C=O) groups is 1. The van der Waals surface area contributed by atoms with Gasteiger partial charge >= 0.3 is 5.97 Å². The fourth-order valence-electron chi connectivity index (χ4n) is 2.25. The maximum absolute atomic E-state index is 12.2. The van der Waals surface area contributed by atoms with Gasteiger partial charge in [-0.3, -0.25) is 0 Å². The van der Waals surface area contributed by atoms with Crippen LogP contribution in [0.2, 0.25) is 0 Å². The fourth-order valence-corrected chi connectivity index (χ4v) is 3.89. The van der Waals surface area contributed by atoms with Gasteiger partial charge in [-0.05, 0) is 19.4 Å². The zero-order chi connectivity index (χ0) is 14.1. The minimum absolute atomic E-state index is 0.116. The van der Waals surface area contributed by atoms with Crippen LogP contribution in [0, 0.1) is 0 Å². The zero-order valence-electron chi connectivity index (χ0n) is 10.5. The summed E-state index contributed by atoms with van der Waals surface area (Å²) in [7, 11) is -3.70. The number of fused-ring (bicyclic) bond motifs is 1. The zero-order valence-corrected chi connectivity index (χ0v) is 11.4. The number of hydrogen-bond donors (Lipinski definition) is 1. The Hall–Kier alpha value is -1.66. The van der Waals surface area contributed by atoms with Crippen LogP contribution in [-0.2, 0) is 25.1 Å². The predicted octanol–water partition coefficient (Wildman–Crippen LogP) is 1.31. The first kappa shape index (κ1) is 13.8. The van der Waals surface area contributed by atoms with Crippen LogP contribution in [-0.4, -0.2) is 21.0 Å². The van der Waals surface area contributed by atoms with Gasteiger partial charge in [-0.1, -0.05) is 24.3 Å². The Balaban J connectivity index is 2.65. The van der Waals surface area contributed by atoms with Crippen molar-refractivity contribution in [2.75, 3.05) is 6.61 Å². The molecule has 1 aliphatic heterocycles. The maximum Gasteiger partial charge on any atom is 0.332 e. The molecule has 0 bridgehead atoms. The van der Waals surface area contributed by atoms with Crippen LogP contribution in [0.1, 0.15) is 18.9 Å². The molecule has 0 saturated heterocycles. The number of benzene rings is 1. The highest BCUT2D eigenvalue weighted by molar-refractivity contribution is 7.90. The van der Waals surface area contributed by atoms with E-state index >= 15 is 0 Å². The van der Waals surface area contributed by atoms with Crippen molar-refractivity contribution in [3.05, 3.63) is 42.5 Å². The molecule has 1 aromatic carbocycles. The summed E-state index contributed by atoms with van der Waals surface area (Å²) in [5, 5.41) is 0. The van der Waals surface area contributed by atoms with E-state index in [0.29, 0.717) is 5.56 Å². The Morgan fingerprint density at radius 1 is 1.47 bits per heavy atom. The number of hydrogen-bond acceptors (Lipinski definition) is 4. The number of esters is 1. The van der Waals surface area contributed by atoms with Gasteiger partial charge in [0.1, 0.15) is 0 Å². The second-order valence-electron chi connectivity index (χ2n) is 4.22. The Morgan fingerprint density at radius 2 is 2.16 bits per heavy atom. The normalized spacial score (nSPS) is 23.6. The van der Waals surface area contributed by atoms with Gasteiger partial charge in [0.2, 0.25) is 10.0 Å². The Labute approximate surface area is 112 Å². The molecule has 0 saturated carbocycles. The van der Waals surface area contributed by atoms with Gasteiger partial charge in [-0.2, -0.15) is 4.72 Å². The molecule has 19 heavy (non-hydrogen) atoms. The van der Waals surface area contributed by atoms with Crippen molar-refractivity contribution in [3.63, 3.8) is 0 Å². The molecule has 0 radical (unpaired) electrons. The first-order chi connectivity index (χ1) is 8.98. The van der Waals surface area contributed by atoms with Crippen LogP contribution < -0.4 is 4.72 Å². The summed E-state index contributed by atoms with van der Waals surface area (Å²) in [4.78, 5) is 12.3. The lowest BCUT2D eigenvalue weighted by molar-refractivity contribution is -0.150. The Morgan fingerprint density at radius 3 is 2.79 bits per heavy atom. The van der Waals surface area contributed by atoms with E-state index in [1.807, 2.05) is 0 Å². The van der Waals surface area contributed by atoms with E-state index in [9.17, 15) is 13.2 Å². The van der Waals surface area contributed by atoms with Gasteiger partial charge in [0.05, 0.1) is 11.5 Å². The quantitative estimate of drug-likeness (QED) is 0.667. The molecule has 1 atom stereocenters. The van der Waals surface area contributed by atoms with Crippen molar-refractivity contribution < 1.29 is 17.9 Å². The minimum Gasteiger partial charge on any atom is -0.464 e. The van der Waals surface area contributed by atoms with Crippen LogP contribution in [0.3, 0.4) is 0 Å². The summed E-state index contributed by atoms with van der Waals surface area (Å²) in [6, 6.07) is 6.40. The molecule has 0 aliphatic carbocycles. The largest absolute Gasteiger partial charge is 0.464 e. The van der Waals surface area contributed by atoms with Crippen molar-refractivity contribution in [1.82, 2.24) is 4.72 Å². The number of sulfonamides is 1. The highest BCUT2D eigenvalue weighted by Crippen LogP contribution is 2.39. The van der Waals surface area contributed by atoms with Gasteiger partial charge in [0.25, 0.3) is 0 Å². The molecule has 5 nitrogen and oxygen atoms in total. The highest BCUT2D eigenvalue weighted by Gasteiger charge is 2.52. The van der Waals surface area contributed by atoms with Crippen LogP contribution in [0.4, 0.5) is 0 Å². The third-order valence-electron chi connectivity index (χ3n) is 3.02. The van der Waals surface area contributed by atoms with Crippen molar-refractivity contribution in [2.45, 2.75) is 23.8 Å². The first-order valence-corrected chi connectivity index (χ1v) is 7.38. The summed E-state index contributed by atoms with van der Waals surface area (Å²) in [5.74, 6) is -0.608. The molecular weight excluding hydrogens is 266 g/mol. The predicted molar refractivity (Wildman–Crippen MR) is 69.9 cm³/mol. The summed E-state index contributed by atoms with van der Waals surface area (Å²) < 4.78 is 31.6. The molecule has 1 N–H and O–H groups in total. The van der Waals surface area contributed by atoms with E-state index in [4.69, 9.17) is 4.74 Å². The van der Waals surface area contributed by atoms with Gasteiger partial charge in [-0.15, -0.1) is 6.58 Å². The van der Waals surface area contributed by atoms with Gasteiger partial charge < -0.3 is 4.74 Å². The fraction of sp³-hybridized carbons (Fsp3) is 0.308. The number of ether oxygens (including phenoxy) is 1. The SMILES string of the molecule is C=CC[C@]1(C(=O)OCC)NS(=O)(=O)c2ccccc21. The van der Waals surface area contributed by atoms with E-state index < -0.39 is 21.5 Å². The molecular formula is C13H15NO4S. The Bertz CT molecular complexity index is 623. The molecule has 0 spiro atoms. The molecule has 0 amide bonds. The highest BCUT2D eigenvalue weighted by atomic mass is 32.2. The molecule has 1 aliphatic rings. The third kappa shape index (κ3) is 2.06. The molecule has 1 aromatic rings. The lowest BCUT2D eigenvalue weighted by Gasteiger charge is -2.25. The maximum atomic E-state index is 12.2. The van der Waals surface area contributed by atoms with Gasteiger partial charge in [-0.25, -0.2) is 13.2 Å². The molecule has 6 heteroatoms. The lowest BCUT2D eigenvalue weighted by atomic mass is 9.88. The second kappa shape index (κ2) is 4.79. The van der Waals surface area contributed by atoms with E-state index in [0.717, 1.165) is 0 Å². The first-order valence-electron chi connectivity index (χ1n) is 5.89. The Kier molecular flexibility index (Phi) is 3.47. The summed E-state index contributed by atoms with van der Waals surface area (Å²) >= 11 is 0. The topological polar surface area (TPSA) is 72.5 Å². The summed E-state index contributed by atoms with van der Waals surface area (Å²) in [5.41, 5.74) is -0.985. The second-order valence-corrected chi connectivity index (χ2v) is 5.87. The third-order valence-corrected chi connectivity index (χ3v) is 4.57. The van der Waals surface area contributed by atoms with E-state index in [1.165, 1.54) is 12.1 Å². The average Bonchev–Trinajstić information content (AvgIpc) is 2.60. The van der Waals surface area contributed by atoms with Gasteiger partial charge in [0, 0.05) is 5.56 Å². The smallest absolute Gasteiger partial charge is 0.332 e. The molecule has 0 fully saturated rings. The van der Waals surface area contributed by atoms with E-state index in [-0.39, 0.29) is 17.9 Å². The average molecular weight is 281 g/mol. The van der Waals surface area contributed by atoms with Crippen LogP contribution in [0.5, 0.6) is 0 Å². The lowest BCUT2D eigenvalue weighted by Crippen LogP contribution is -2.47. The van der Waals surface area contributed by atoms with Gasteiger partial charge in [0.15, 0.2) is 5.54 Å². The van der Waals surface area contributed by atoms with Crippen molar-refractivity contribution in [3.8, 4) is 0 Å².